The Morgan fingerprint density at radius 2 is 2.27 bits per heavy atom. The molecule has 1 unspecified atom stereocenters. The monoisotopic (exact) mass is 448 g/mol. The smallest absolute Gasteiger partial charge is 0.186 e. The normalized spacial score (nSPS) is 18.3. The number of Topliss-reactive ketones (excluding diaryl/α,β-unsaturated/α-hetero) is 1. The standard InChI is InChI=1S/C17H13BrN4O2S2/c1-2-13-21-22-17(26-13)14-15(23)12(25-16(14)20)8-9-3-4-11(10(18)7-9)24-6-5-19/h3-4,7-8,14,20H,2,6H2,1H3. The van der Waals surface area contributed by atoms with E-state index in [9.17, 15) is 4.79 Å². The summed E-state index contributed by atoms with van der Waals surface area (Å²) in [5.74, 6) is -0.212. The molecule has 1 fully saturated rings. The number of hydrogen-bond acceptors (Lipinski definition) is 8. The topological polar surface area (TPSA) is 99.7 Å². The Kier molecular flexibility index (Phi) is 5.86. The van der Waals surface area contributed by atoms with Gasteiger partial charge in [-0.05, 0) is 46.1 Å². The number of rotatable bonds is 5. The molecule has 0 aliphatic carbocycles. The van der Waals surface area contributed by atoms with Gasteiger partial charge in [0.25, 0.3) is 0 Å². The average Bonchev–Trinajstić information content (AvgIpc) is 3.19. The average molecular weight is 449 g/mol. The number of aryl methyl sites for hydroxylation is 1. The van der Waals surface area contributed by atoms with Gasteiger partial charge in [0.1, 0.15) is 27.8 Å². The minimum Gasteiger partial charge on any atom is -0.478 e. The number of ketones is 1. The molecule has 6 nitrogen and oxygen atoms in total. The third-order valence-corrected chi connectivity index (χ3v) is 6.31. The SMILES string of the molecule is CCc1nnc(C2C(=N)SC(=Cc3ccc(OCC#N)c(Br)c3)C2=O)s1. The molecule has 1 aliphatic rings. The van der Waals surface area contributed by atoms with Crippen molar-refractivity contribution in [1.29, 1.82) is 10.7 Å². The van der Waals surface area contributed by atoms with Crippen LogP contribution < -0.4 is 4.74 Å². The molecule has 0 radical (unpaired) electrons. The minimum atomic E-state index is -0.647. The van der Waals surface area contributed by atoms with E-state index in [1.54, 1.807) is 18.2 Å². The Balaban J connectivity index is 1.84. The van der Waals surface area contributed by atoms with Gasteiger partial charge in [0, 0.05) is 0 Å². The Morgan fingerprint density at radius 1 is 1.46 bits per heavy atom. The van der Waals surface area contributed by atoms with E-state index in [0.29, 0.717) is 20.1 Å². The lowest BCUT2D eigenvalue weighted by Gasteiger charge is -2.05. The van der Waals surface area contributed by atoms with Crippen molar-refractivity contribution in [3.63, 3.8) is 0 Å². The number of thioether (sulfide) groups is 1. The molecule has 3 rings (SSSR count). The molecule has 0 saturated carbocycles. The van der Waals surface area contributed by atoms with Gasteiger partial charge in [0.2, 0.25) is 0 Å². The van der Waals surface area contributed by atoms with Crippen molar-refractivity contribution in [2.45, 2.75) is 19.3 Å². The van der Waals surface area contributed by atoms with Gasteiger partial charge < -0.3 is 4.74 Å². The van der Waals surface area contributed by atoms with Crippen LogP contribution in [0.2, 0.25) is 0 Å². The summed E-state index contributed by atoms with van der Waals surface area (Å²) in [7, 11) is 0. The first-order chi connectivity index (χ1) is 12.5. The fourth-order valence-corrected chi connectivity index (χ4v) is 4.79. The highest BCUT2D eigenvalue weighted by Crippen LogP contribution is 2.41. The predicted molar refractivity (Wildman–Crippen MR) is 106 cm³/mol. The Bertz CT molecular complexity index is 948. The van der Waals surface area contributed by atoms with Gasteiger partial charge in [0.15, 0.2) is 12.4 Å². The summed E-state index contributed by atoms with van der Waals surface area (Å²) in [5, 5.41) is 26.6. The van der Waals surface area contributed by atoms with Crippen molar-refractivity contribution in [1.82, 2.24) is 10.2 Å². The molecule has 1 aromatic heterocycles. The summed E-state index contributed by atoms with van der Waals surface area (Å²) in [6.45, 7) is 1.95. The maximum Gasteiger partial charge on any atom is 0.186 e. The van der Waals surface area contributed by atoms with Crippen LogP contribution in [-0.2, 0) is 11.2 Å². The summed E-state index contributed by atoms with van der Waals surface area (Å²) in [6.07, 6.45) is 2.51. The number of nitrogens with zero attached hydrogens (tertiary/aromatic N) is 3. The molecule has 9 heteroatoms. The van der Waals surface area contributed by atoms with Gasteiger partial charge in [-0.3, -0.25) is 10.2 Å². The lowest BCUT2D eigenvalue weighted by molar-refractivity contribution is -0.114. The van der Waals surface area contributed by atoms with Crippen molar-refractivity contribution < 1.29 is 9.53 Å². The van der Waals surface area contributed by atoms with Crippen LogP contribution in [0.1, 0.15) is 28.4 Å². The summed E-state index contributed by atoms with van der Waals surface area (Å²) in [5.41, 5.74) is 0.803. The molecule has 132 valence electrons. The van der Waals surface area contributed by atoms with E-state index >= 15 is 0 Å². The van der Waals surface area contributed by atoms with Crippen molar-refractivity contribution in [2.24, 2.45) is 0 Å². The summed E-state index contributed by atoms with van der Waals surface area (Å²) >= 11 is 5.94. The number of carbonyl (C=O) groups excluding carboxylic acids is 1. The van der Waals surface area contributed by atoms with Gasteiger partial charge in [0.05, 0.1) is 14.4 Å². The third kappa shape index (κ3) is 3.87. The molecule has 1 aromatic carbocycles. The Labute approximate surface area is 166 Å². The number of hydrogen-bond donors (Lipinski definition) is 1. The molecule has 0 spiro atoms. The number of nitrogens with one attached hydrogen (secondary N) is 1. The van der Waals surface area contributed by atoms with E-state index in [0.717, 1.165) is 28.8 Å². The minimum absolute atomic E-state index is 0.0339. The number of nitriles is 1. The van der Waals surface area contributed by atoms with E-state index < -0.39 is 5.92 Å². The van der Waals surface area contributed by atoms with Gasteiger partial charge in [-0.1, -0.05) is 24.8 Å². The van der Waals surface area contributed by atoms with E-state index in [1.165, 1.54) is 11.3 Å². The quantitative estimate of drug-likeness (QED) is 0.688. The molecular formula is C17H13BrN4O2S2. The van der Waals surface area contributed by atoms with E-state index in [-0.39, 0.29) is 17.4 Å². The summed E-state index contributed by atoms with van der Waals surface area (Å²) in [6, 6.07) is 7.26. The highest BCUT2D eigenvalue weighted by Gasteiger charge is 2.39. The van der Waals surface area contributed by atoms with Gasteiger partial charge >= 0.3 is 0 Å². The highest BCUT2D eigenvalue weighted by atomic mass is 79.9. The predicted octanol–water partition coefficient (Wildman–Crippen LogP) is 4.18. The summed E-state index contributed by atoms with van der Waals surface area (Å²) < 4.78 is 5.98. The molecular weight excluding hydrogens is 436 g/mol. The molecule has 2 heterocycles. The second kappa shape index (κ2) is 8.12. The van der Waals surface area contributed by atoms with Crippen LogP contribution in [0, 0.1) is 16.7 Å². The van der Waals surface area contributed by atoms with Crippen molar-refractivity contribution in [3.05, 3.63) is 43.2 Å². The molecule has 26 heavy (non-hydrogen) atoms. The second-order valence-electron chi connectivity index (χ2n) is 5.30. The van der Waals surface area contributed by atoms with E-state index in [1.807, 2.05) is 19.1 Å². The molecule has 0 bridgehead atoms. The lowest BCUT2D eigenvalue weighted by atomic mass is 10.1. The van der Waals surface area contributed by atoms with Crippen LogP contribution in [0.25, 0.3) is 6.08 Å². The van der Waals surface area contributed by atoms with Crippen molar-refractivity contribution >= 4 is 55.9 Å². The lowest BCUT2D eigenvalue weighted by Crippen LogP contribution is -2.11. The van der Waals surface area contributed by atoms with E-state index in [4.69, 9.17) is 15.4 Å². The molecule has 2 aromatic rings. The Hall–Kier alpha value is -2.02. The van der Waals surface area contributed by atoms with Crippen LogP contribution >= 0.6 is 39.0 Å². The number of benzene rings is 1. The molecule has 0 amide bonds. The largest absolute Gasteiger partial charge is 0.478 e. The summed E-state index contributed by atoms with van der Waals surface area (Å²) in [4.78, 5) is 13.3. The maximum absolute atomic E-state index is 12.7. The molecule has 1 saturated heterocycles. The number of aromatic nitrogens is 2. The number of allylic oxidation sites excluding steroid dienone is 1. The zero-order valence-electron chi connectivity index (χ0n) is 13.7. The fourth-order valence-electron chi connectivity index (χ4n) is 2.33. The van der Waals surface area contributed by atoms with Gasteiger partial charge in [-0.25, -0.2) is 0 Å². The van der Waals surface area contributed by atoms with Gasteiger partial charge in [-0.2, -0.15) is 5.26 Å². The number of halogens is 1. The van der Waals surface area contributed by atoms with Crippen LogP contribution in [0.3, 0.4) is 0 Å². The van der Waals surface area contributed by atoms with Crippen LogP contribution in [0.15, 0.2) is 27.6 Å². The number of carbonyl (C=O) groups is 1. The van der Waals surface area contributed by atoms with Gasteiger partial charge in [-0.15, -0.1) is 21.5 Å². The Morgan fingerprint density at radius 3 is 2.92 bits per heavy atom. The van der Waals surface area contributed by atoms with Crippen LogP contribution in [0.5, 0.6) is 5.75 Å². The second-order valence-corrected chi connectivity index (χ2v) is 8.33. The first kappa shape index (κ1) is 18.8. The molecule has 1 atom stereocenters. The number of ether oxygens (including phenoxy) is 1. The first-order valence-electron chi connectivity index (χ1n) is 7.67. The maximum atomic E-state index is 12.7. The molecule has 1 N–H and O–H groups in total. The zero-order valence-corrected chi connectivity index (χ0v) is 16.9. The van der Waals surface area contributed by atoms with Crippen molar-refractivity contribution in [2.75, 3.05) is 6.61 Å². The first-order valence-corrected chi connectivity index (χ1v) is 10.1. The van der Waals surface area contributed by atoms with Crippen molar-refractivity contribution in [3.8, 4) is 11.8 Å². The zero-order chi connectivity index (χ0) is 18.7. The highest BCUT2D eigenvalue weighted by molar-refractivity contribution is 9.10. The third-order valence-electron chi connectivity index (χ3n) is 3.56. The molecule has 1 aliphatic heterocycles. The van der Waals surface area contributed by atoms with E-state index in [2.05, 4.69) is 26.1 Å². The fraction of sp³-hybridized carbons (Fsp3) is 0.235. The van der Waals surface area contributed by atoms with Crippen LogP contribution in [-0.4, -0.2) is 27.6 Å². The van der Waals surface area contributed by atoms with Crippen LogP contribution in [0.4, 0.5) is 0 Å².